The van der Waals surface area contributed by atoms with Gasteiger partial charge in [-0.25, -0.2) is 4.79 Å². The first kappa shape index (κ1) is 12.6. The third-order valence-electron chi connectivity index (χ3n) is 1.87. The Morgan fingerprint density at radius 1 is 1.35 bits per heavy atom. The summed E-state index contributed by atoms with van der Waals surface area (Å²) in [6.45, 7) is 0. The standard InChI is InChI=1S/C11H12N2O4/c1-17-9(11(15)16)6-10(14)13-8-4-2-7(12)3-5-8/h2-6H,12H2,1H3,(H,13,14)(H,15,16). The highest BCUT2D eigenvalue weighted by Gasteiger charge is 2.09. The topological polar surface area (TPSA) is 102 Å². The summed E-state index contributed by atoms with van der Waals surface area (Å²) < 4.78 is 4.52. The normalized spacial score (nSPS) is 10.8. The van der Waals surface area contributed by atoms with Gasteiger partial charge in [-0.3, -0.25) is 4.79 Å². The van der Waals surface area contributed by atoms with E-state index in [0.29, 0.717) is 11.4 Å². The van der Waals surface area contributed by atoms with Gasteiger partial charge in [0.2, 0.25) is 5.76 Å². The Hall–Kier alpha value is -2.50. The average Bonchev–Trinajstić information content (AvgIpc) is 2.28. The highest BCUT2D eigenvalue weighted by Crippen LogP contribution is 2.10. The number of amides is 1. The monoisotopic (exact) mass is 236 g/mol. The van der Waals surface area contributed by atoms with Crippen molar-refractivity contribution >= 4 is 23.3 Å². The molecular weight excluding hydrogens is 224 g/mol. The van der Waals surface area contributed by atoms with Crippen molar-refractivity contribution in [2.24, 2.45) is 0 Å². The summed E-state index contributed by atoms with van der Waals surface area (Å²) in [5.41, 5.74) is 6.56. The summed E-state index contributed by atoms with van der Waals surface area (Å²) in [6.07, 6.45) is 0.860. The molecule has 0 spiro atoms. The molecule has 17 heavy (non-hydrogen) atoms. The Morgan fingerprint density at radius 3 is 2.41 bits per heavy atom. The van der Waals surface area contributed by atoms with Crippen LogP contribution in [0.25, 0.3) is 0 Å². The number of aliphatic carboxylic acids is 1. The van der Waals surface area contributed by atoms with E-state index in [-0.39, 0.29) is 0 Å². The van der Waals surface area contributed by atoms with E-state index in [2.05, 4.69) is 10.1 Å². The van der Waals surface area contributed by atoms with Gasteiger partial charge in [-0.05, 0) is 24.3 Å². The lowest BCUT2D eigenvalue weighted by Gasteiger charge is -2.03. The molecule has 0 aromatic heterocycles. The molecule has 1 aromatic rings. The lowest BCUT2D eigenvalue weighted by molar-refractivity contribution is -0.136. The van der Waals surface area contributed by atoms with Crippen LogP contribution >= 0.6 is 0 Å². The fourth-order valence-electron chi connectivity index (χ4n) is 1.07. The molecule has 0 aliphatic carbocycles. The Morgan fingerprint density at radius 2 is 1.94 bits per heavy atom. The summed E-state index contributed by atoms with van der Waals surface area (Å²) in [5.74, 6) is -2.33. The van der Waals surface area contributed by atoms with E-state index < -0.39 is 17.6 Å². The number of carboxylic acids is 1. The Balaban J connectivity index is 2.72. The zero-order valence-corrected chi connectivity index (χ0v) is 9.14. The van der Waals surface area contributed by atoms with Gasteiger partial charge in [-0.2, -0.15) is 0 Å². The SMILES string of the molecule is COC(=CC(=O)Nc1ccc(N)cc1)C(=O)O. The predicted octanol–water partition coefficient (Wildman–Crippen LogP) is 0.822. The van der Waals surface area contributed by atoms with Crippen LogP contribution in [0, 0.1) is 0 Å². The van der Waals surface area contributed by atoms with Crippen molar-refractivity contribution in [2.75, 3.05) is 18.2 Å². The van der Waals surface area contributed by atoms with Crippen molar-refractivity contribution in [1.82, 2.24) is 0 Å². The van der Waals surface area contributed by atoms with Crippen LogP contribution < -0.4 is 11.1 Å². The minimum atomic E-state index is -1.31. The van der Waals surface area contributed by atoms with Crippen LogP contribution in [0.2, 0.25) is 0 Å². The van der Waals surface area contributed by atoms with E-state index in [1.165, 1.54) is 7.11 Å². The van der Waals surface area contributed by atoms with Crippen LogP contribution in [-0.2, 0) is 14.3 Å². The van der Waals surface area contributed by atoms with Crippen LogP contribution in [0.1, 0.15) is 0 Å². The number of nitrogens with two attached hydrogens (primary N) is 1. The second-order valence-electron chi connectivity index (χ2n) is 3.13. The predicted molar refractivity (Wildman–Crippen MR) is 62.2 cm³/mol. The first-order chi connectivity index (χ1) is 8.02. The Kier molecular flexibility index (Phi) is 4.10. The maximum atomic E-state index is 11.4. The summed E-state index contributed by atoms with van der Waals surface area (Å²) >= 11 is 0. The number of hydrogen-bond donors (Lipinski definition) is 3. The van der Waals surface area contributed by atoms with Gasteiger partial charge in [0, 0.05) is 11.4 Å². The molecule has 0 saturated heterocycles. The van der Waals surface area contributed by atoms with Crippen LogP contribution in [-0.4, -0.2) is 24.1 Å². The molecule has 1 amide bonds. The molecule has 6 heteroatoms. The fourth-order valence-corrected chi connectivity index (χ4v) is 1.07. The minimum absolute atomic E-state index is 0.432. The zero-order chi connectivity index (χ0) is 12.8. The van der Waals surface area contributed by atoms with Gasteiger partial charge in [-0.1, -0.05) is 0 Å². The number of rotatable bonds is 4. The second kappa shape index (κ2) is 5.55. The largest absolute Gasteiger partial charge is 0.490 e. The van der Waals surface area contributed by atoms with E-state index in [4.69, 9.17) is 10.8 Å². The lowest BCUT2D eigenvalue weighted by Crippen LogP contribution is -2.12. The molecule has 1 aromatic carbocycles. The van der Waals surface area contributed by atoms with Crippen LogP contribution in [0.5, 0.6) is 0 Å². The van der Waals surface area contributed by atoms with Crippen LogP contribution in [0.15, 0.2) is 36.1 Å². The Labute approximate surface area is 97.7 Å². The zero-order valence-electron chi connectivity index (χ0n) is 9.14. The third-order valence-corrected chi connectivity index (χ3v) is 1.87. The molecule has 90 valence electrons. The van der Waals surface area contributed by atoms with E-state index >= 15 is 0 Å². The molecule has 0 fully saturated rings. The number of nitrogens with one attached hydrogen (secondary N) is 1. The summed E-state index contributed by atoms with van der Waals surface area (Å²) in [7, 11) is 1.18. The molecule has 0 unspecified atom stereocenters. The van der Waals surface area contributed by atoms with Crippen molar-refractivity contribution in [1.29, 1.82) is 0 Å². The number of methoxy groups -OCH3 is 1. The van der Waals surface area contributed by atoms with Gasteiger partial charge in [-0.15, -0.1) is 0 Å². The van der Waals surface area contributed by atoms with E-state index in [1.54, 1.807) is 24.3 Å². The number of carbonyl (C=O) groups excluding carboxylic acids is 1. The van der Waals surface area contributed by atoms with Gasteiger partial charge in [0.05, 0.1) is 13.2 Å². The van der Waals surface area contributed by atoms with Gasteiger partial charge in [0.1, 0.15) is 0 Å². The summed E-state index contributed by atoms with van der Waals surface area (Å²) in [5, 5.41) is 11.1. The third kappa shape index (κ3) is 3.86. The second-order valence-corrected chi connectivity index (χ2v) is 3.13. The molecule has 0 aliphatic heterocycles. The molecule has 1 rings (SSSR count). The number of carbonyl (C=O) groups is 2. The quantitative estimate of drug-likeness (QED) is 0.408. The minimum Gasteiger partial charge on any atom is -0.490 e. The van der Waals surface area contributed by atoms with Gasteiger partial charge in [0.15, 0.2) is 0 Å². The van der Waals surface area contributed by atoms with Gasteiger partial charge < -0.3 is 20.9 Å². The molecule has 6 nitrogen and oxygen atoms in total. The highest BCUT2D eigenvalue weighted by molar-refractivity contribution is 6.03. The Bertz CT molecular complexity index is 451. The first-order valence-corrected chi connectivity index (χ1v) is 4.68. The van der Waals surface area contributed by atoms with Gasteiger partial charge >= 0.3 is 5.97 Å². The van der Waals surface area contributed by atoms with E-state index in [1.807, 2.05) is 0 Å². The maximum absolute atomic E-state index is 11.4. The molecule has 0 atom stereocenters. The average molecular weight is 236 g/mol. The molecule has 4 N–H and O–H groups in total. The fraction of sp³-hybridized carbons (Fsp3) is 0.0909. The van der Waals surface area contributed by atoms with Crippen molar-refractivity contribution in [3.63, 3.8) is 0 Å². The smallest absolute Gasteiger partial charge is 0.371 e. The van der Waals surface area contributed by atoms with Crippen LogP contribution in [0.3, 0.4) is 0 Å². The molecule has 0 bridgehead atoms. The van der Waals surface area contributed by atoms with E-state index in [0.717, 1.165) is 6.08 Å². The number of anilines is 2. The maximum Gasteiger partial charge on any atom is 0.371 e. The summed E-state index contributed by atoms with van der Waals surface area (Å²) in [6, 6.07) is 6.45. The number of benzene rings is 1. The lowest BCUT2D eigenvalue weighted by atomic mass is 10.3. The molecule has 0 aliphatic rings. The number of carboxylic acid groups (broad SMARTS) is 1. The van der Waals surface area contributed by atoms with Crippen molar-refractivity contribution in [3.05, 3.63) is 36.1 Å². The van der Waals surface area contributed by atoms with Crippen molar-refractivity contribution in [3.8, 4) is 0 Å². The van der Waals surface area contributed by atoms with Gasteiger partial charge in [0.25, 0.3) is 5.91 Å². The number of hydrogen-bond acceptors (Lipinski definition) is 4. The number of ether oxygens (including phenoxy) is 1. The molecule has 0 radical (unpaired) electrons. The van der Waals surface area contributed by atoms with Crippen molar-refractivity contribution in [2.45, 2.75) is 0 Å². The number of nitrogen functional groups attached to an aromatic ring is 1. The summed E-state index contributed by atoms with van der Waals surface area (Å²) in [4.78, 5) is 22.0. The molecular formula is C11H12N2O4. The van der Waals surface area contributed by atoms with Crippen LogP contribution in [0.4, 0.5) is 11.4 Å². The van der Waals surface area contributed by atoms with Crippen molar-refractivity contribution < 1.29 is 19.4 Å². The molecule has 0 saturated carbocycles. The van der Waals surface area contributed by atoms with E-state index in [9.17, 15) is 9.59 Å². The first-order valence-electron chi connectivity index (χ1n) is 4.68. The molecule has 0 heterocycles. The highest BCUT2D eigenvalue weighted by atomic mass is 16.5.